The molecule has 0 atom stereocenters. The molecule has 1 N–H and O–H groups in total. The van der Waals surface area contributed by atoms with Gasteiger partial charge in [0.1, 0.15) is 6.33 Å². The molecule has 6 heteroatoms. The van der Waals surface area contributed by atoms with Crippen LogP contribution in [0.3, 0.4) is 0 Å². The van der Waals surface area contributed by atoms with Crippen LogP contribution >= 0.6 is 11.8 Å². The first-order valence-corrected chi connectivity index (χ1v) is 6.79. The summed E-state index contributed by atoms with van der Waals surface area (Å²) in [6, 6.07) is 0. The molecule has 0 saturated heterocycles. The van der Waals surface area contributed by atoms with Gasteiger partial charge in [-0.15, -0.1) is 0 Å². The van der Waals surface area contributed by atoms with E-state index in [2.05, 4.69) is 34.2 Å². The number of hydrogen-bond acceptors (Lipinski definition) is 5. The van der Waals surface area contributed by atoms with Crippen LogP contribution in [-0.4, -0.2) is 38.8 Å². The third-order valence-corrected chi connectivity index (χ3v) is 3.99. The van der Waals surface area contributed by atoms with E-state index in [0.717, 1.165) is 36.3 Å². The number of nitrogens with zero attached hydrogens (tertiary/aromatic N) is 4. The summed E-state index contributed by atoms with van der Waals surface area (Å²) in [5, 5.41) is 8.63. The van der Waals surface area contributed by atoms with Crippen molar-refractivity contribution in [3.8, 4) is 0 Å². The molecule has 1 aromatic rings. The molecule has 0 unspecified atom stereocenters. The summed E-state index contributed by atoms with van der Waals surface area (Å²) < 4.78 is 1.73. The Hall–Kier alpha value is -1.04. The minimum atomic E-state index is 0.332. The van der Waals surface area contributed by atoms with Crippen molar-refractivity contribution in [2.24, 2.45) is 17.5 Å². The lowest BCUT2D eigenvalue weighted by atomic mass is 9.97. The second kappa shape index (κ2) is 5.08. The number of thioether (sulfide) groups is 1. The summed E-state index contributed by atoms with van der Waals surface area (Å²) in [6.45, 7) is 6.25. The van der Waals surface area contributed by atoms with Gasteiger partial charge in [-0.05, 0) is 5.41 Å². The fourth-order valence-corrected chi connectivity index (χ4v) is 2.51. The quantitative estimate of drug-likeness (QED) is 0.875. The zero-order valence-corrected chi connectivity index (χ0v) is 11.4. The Balaban J connectivity index is 1.74. The Morgan fingerprint density at radius 1 is 1.53 bits per heavy atom. The maximum Gasteiger partial charge on any atom is 0.156 e. The number of aliphatic imine (C=N–C) groups is 1. The lowest BCUT2D eigenvalue weighted by molar-refractivity contribution is 0.436. The molecule has 17 heavy (non-hydrogen) atoms. The SMILES string of the molecule is Cn1cnc(CCNC2=NCC(C)(C)CS2)n1. The molecular formula is C11H19N5S. The Kier molecular flexibility index (Phi) is 3.71. The predicted octanol–water partition coefficient (Wildman–Crippen LogP) is 1.08. The average Bonchev–Trinajstić information content (AvgIpc) is 2.67. The molecule has 0 aromatic carbocycles. The van der Waals surface area contributed by atoms with Crippen molar-refractivity contribution in [3.63, 3.8) is 0 Å². The third kappa shape index (κ3) is 3.73. The van der Waals surface area contributed by atoms with Crippen LogP contribution in [0.15, 0.2) is 11.3 Å². The van der Waals surface area contributed by atoms with E-state index in [1.807, 2.05) is 7.05 Å². The molecule has 5 nitrogen and oxygen atoms in total. The normalized spacial score (nSPS) is 18.9. The van der Waals surface area contributed by atoms with Crippen LogP contribution in [0.25, 0.3) is 0 Å². The van der Waals surface area contributed by atoms with Gasteiger partial charge in [0.25, 0.3) is 0 Å². The number of rotatable bonds is 3. The largest absolute Gasteiger partial charge is 0.364 e. The van der Waals surface area contributed by atoms with Crippen LogP contribution in [0.2, 0.25) is 0 Å². The second-order valence-corrected chi connectivity index (χ2v) is 6.05. The summed E-state index contributed by atoms with van der Waals surface area (Å²) in [5.41, 5.74) is 0.332. The molecule has 1 aliphatic heterocycles. The van der Waals surface area contributed by atoms with Gasteiger partial charge in [0.2, 0.25) is 0 Å². The summed E-state index contributed by atoms with van der Waals surface area (Å²) in [5.74, 6) is 2.00. The van der Waals surface area contributed by atoms with Crippen molar-refractivity contribution in [3.05, 3.63) is 12.2 Å². The molecule has 0 spiro atoms. The predicted molar refractivity (Wildman–Crippen MR) is 71.3 cm³/mol. The number of aromatic nitrogens is 3. The molecule has 0 bridgehead atoms. The Morgan fingerprint density at radius 3 is 2.94 bits per heavy atom. The van der Waals surface area contributed by atoms with E-state index in [1.54, 1.807) is 22.8 Å². The Labute approximate surface area is 106 Å². The molecule has 0 amide bonds. The van der Waals surface area contributed by atoms with Crippen molar-refractivity contribution in [1.29, 1.82) is 0 Å². The van der Waals surface area contributed by atoms with E-state index in [0.29, 0.717) is 5.41 Å². The van der Waals surface area contributed by atoms with Crippen molar-refractivity contribution in [2.75, 3.05) is 18.8 Å². The van der Waals surface area contributed by atoms with Crippen LogP contribution < -0.4 is 5.32 Å². The maximum absolute atomic E-state index is 4.54. The monoisotopic (exact) mass is 253 g/mol. The van der Waals surface area contributed by atoms with Gasteiger partial charge in [-0.1, -0.05) is 25.6 Å². The zero-order chi connectivity index (χ0) is 12.3. The van der Waals surface area contributed by atoms with E-state index in [4.69, 9.17) is 0 Å². The maximum atomic E-state index is 4.54. The first-order chi connectivity index (χ1) is 8.05. The van der Waals surface area contributed by atoms with Gasteiger partial charge in [0, 0.05) is 32.3 Å². The first-order valence-electron chi connectivity index (χ1n) is 5.81. The minimum Gasteiger partial charge on any atom is -0.364 e. The molecule has 0 fully saturated rings. The molecular weight excluding hydrogens is 234 g/mol. The van der Waals surface area contributed by atoms with Crippen molar-refractivity contribution < 1.29 is 0 Å². The van der Waals surface area contributed by atoms with Gasteiger partial charge in [-0.2, -0.15) is 5.10 Å². The van der Waals surface area contributed by atoms with Crippen LogP contribution in [0.4, 0.5) is 0 Å². The molecule has 2 rings (SSSR count). The summed E-state index contributed by atoms with van der Waals surface area (Å²) >= 11 is 1.80. The summed E-state index contributed by atoms with van der Waals surface area (Å²) in [6.07, 6.45) is 2.56. The van der Waals surface area contributed by atoms with Gasteiger partial charge >= 0.3 is 0 Å². The topological polar surface area (TPSA) is 55.1 Å². The highest BCUT2D eigenvalue weighted by atomic mass is 32.2. The molecule has 2 heterocycles. The fourth-order valence-electron chi connectivity index (χ4n) is 1.53. The standard InChI is InChI=1S/C11H19N5S/c1-11(2)6-13-10(17-7-11)12-5-4-9-14-8-16(3)15-9/h8H,4-7H2,1-3H3,(H,12,13). The van der Waals surface area contributed by atoms with E-state index in [9.17, 15) is 0 Å². The molecule has 0 saturated carbocycles. The smallest absolute Gasteiger partial charge is 0.156 e. The number of hydrogen-bond donors (Lipinski definition) is 1. The molecule has 0 radical (unpaired) electrons. The number of nitrogens with one attached hydrogen (secondary N) is 1. The fraction of sp³-hybridized carbons (Fsp3) is 0.727. The van der Waals surface area contributed by atoms with E-state index in [1.165, 1.54) is 0 Å². The molecule has 1 aromatic heterocycles. The van der Waals surface area contributed by atoms with E-state index < -0.39 is 0 Å². The van der Waals surface area contributed by atoms with Crippen LogP contribution in [0.1, 0.15) is 19.7 Å². The highest BCUT2D eigenvalue weighted by molar-refractivity contribution is 8.13. The average molecular weight is 253 g/mol. The van der Waals surface area contributed by atoms with Crippen molar-refractivity contribution >= 4 is 16.9 Å². The first kappa shape index (κ1) is 12.4. The van der Waals surface area contributed by atoms with Crippen LogP contribution in [-0.2, 0) is 13.5 Å². The third-order valence-electron chi connectivity index (χ3n) is 2.52. The Bertz CT molecular complexity index is 410. The lowest BCUT2D eigenvalue weighted by Gasteiger charge is -2.27. The van der Waals surface area contributed by atoms with Crippen molar-refractivity contribution in [1.82, 2.24) is 20.1 Å². The van der Waals surface area contributed by atoms with Gasteiger partial charge in [0.15, 0.2) is 11.0 Å². The minimum absolute atomic E-state index is 0.332. The zero-order valence-electron chi connectivity index (χ0n) is 10.6. The lowest BCUT2D eigenvalue weighted by Crippen LogP contribution is -2.32. The van der Waals surface area contributed by atoms with Gasteiger partial charge in [-0.3, -0.25) is 9.67 Å². The highest BCUT2D eigenvalue weighted by Gasteiger charge is 2.23. The summed E-state index contributed by atoms with van der Waals surface area (Å²) in [4.78, 5) is 8.73. The second-order valence-electron chi connectivity index (χ2n) is 5.09. The van der Waals surface area contributed by atoms with E-state index in [-0.39, 0.29) is 0 Å². The van der Waals surface area contributed by atoms with Gasteiger partial charge in [0.05, 0.1) is 0 Å². The molecule has 1 aliphatic rings. The molecule has 94 valence electrons. The number of amidine groups is 1. The highest BCUT2D eigenvalue weighted by Crippen LogP contribution is 2.26. The van der Waals surface area contributed by atoms with Crippen molar-refractivity contribution in [2.45, 2.75) is 20.3 Å². The van der Waals surface area contributed by atoms with Gasteiger partial charge in [-0.25, -0.2) is 4.98 Å². The Morgan fingerprint density at radius 2 is 2.35 bits per heavy atom. The summed E-state index contributed by atoms with van der Waals surface area (Å²) in [7, 11) is 1.88. The number of aryl methyl sites for hydroxylation is 1. The molecule has 0 aliphatic carbocycles. The van der Waals surface area contributed by atoms with E-state index >= 15 is 0 Å². The van der Waals surface area contributed by atoms with Crippen LogP contribution in [0.5, 0.6) is 0 Å². The van der Waals surface area contributed by atoms with Gasteiger partial charge < -0.3 is 5.32 Å². The van der Waals surface area contributed by atoms with Crippen LogP contribution in [0, 0.1) is 5.41 Å².